The average molecular weight is 233 g/mol. The Morgan fingerprint density at radius 2 is 2.29 bits per heavy atom. The molecule has 1 aromatic rings. The lowest BCUT2D eigenvalue weighted by molar-refractivity contribution is 0.0462. The summed E-state index contributed by atoms with van der Waals surface area (Å²) in [4.78, 5) is 4.15. The van der Waals surface area contributed by atoms with Crippen molar-refractivity contribution in [3.05, 3.63) is 30.1 Å². The van der Waals surface area contributed by atoms with Crippen LogP contribution in [-0.4, -0.2) is 16.2 Å². The monoisotopic (exact) mass is 233 g/mol. The van der Waals surface area contributed by atoms with Gasteiger partial charge in [-0.3, -0.25) is 4.98 Å². The summed E-state index contributed by atoms with van der Waals surface area (Å²) in [6.45, 7) is 2.25. The van der Waals surface area contributed by atoms with Crippen molar-refractivity contribution in [3.8, 4) is 0 Å². The van der Waals surface area contributed by atoms with Crippen molar-refractivity contribution >= 4 is 0 Å². The second-order valence-electron chi connectivity index (χ2n) is 5.36. The molecule has 1 aromatic heterocycles. The average Bonchev–Trinajstić information content (AvgIpc) is 2.35. The van der Waals surface area contributed by atoms with Gasteiger partial charge in [0, 0.05) is 12.4 Å². The molecule has 1 N–H and O–H groups in total. The molecule has 94 valence electrons. The molecule has 3 atom stereocenters. The Hall–Kier alpha value is -0.890. The van der Waals surface area contributed by atoms with Crippen molar-refractivity contribution in [1.29, 1.82) is 0 Å². The van der Waals surface area contributed by atoms with Gasteiger partial charge in [0.05, 0.1) is 6.10 Å². The first-order chi connectivity index (χ1) is 8.29. The van der Waals surface area contributed by atoms with Crippen LogP contribution < -0.4 is 0 Å². The number of hydrogen-bond donors (Lipinski definition) is 1. The molecule has 17 heavy (non-hydrogen) atoms. The number of aliphatic hydroxyl groups excluding tert-OH is 1. The first kappa shape index (κ1) is 12.6. The van der Waals surface area contributed by atoms with Crippen LogP contribution in [0.15, 0.2) is 24.5 Å². The first-order valence-electron chi connectivity index (χ1n) is 6.86. The fraction of sp³-hybridized carbons (Fsp3) is 0.667. The van der Waals surface area contributed by atoms with E-state index in [1.807, 2.05) is 12.3 Å². The van der Waals surface area contributed by atoms with Crippen molar-refractivity contribution in [2.75, 3.05) is 0 Å². The molecule has 1 aliphatic rings. The zero-order chi connectivity index (χ0) is 12.1. The van der Waals surface area contributed by atoms with E-state index in [0.717, 1.165) is 18.8 Å². The minimum Gasteiger partial charge on any atom is -0.393 e. The zero-order valence-corrected chi connectivity index (χ0v) is 10.7. The number of aliphatic hydroxyl groups is 1. The highest BCUT2D eigenvalue weighted by atomic mass is 16.3. The van der Waals surface area contributed by atoms with Gasteiger partial charge in [-0.1, -0.05) is 25.8 Å². The molecule has 1 saturated carbocycles. The fourth-order valence-electron chi connectivity index (χ4n) is 3.06. The van der Waals surface area contributed by atoms with Crippen molar-refractivity contribution in [2.45, 2.75) is 51.6 Å². The summed E-state index contributed by atoms with van der Waals surface area (Å²) < 4.78 is 0. The van der Waals surface area contributed by atoms with Gasteiger partial charge in [0.1, 0.15) is 0 Å². The predicted molar refractivity (Wildman–Crippen MR) is 69.7 cm³/mol. The Balaban J connectivity index is 1.94. The van der Waals surface area contributed by atoms with Crippen LogP contribution in [0.25, 0.3) is 0 Å². The topological polar surface area (TPSA) is 33.1 Å². The van der Waals surface area contributed by atoms with E-state index in [9.17, 15) is 5.11 Å². The van der Waals surface area contributed by atoms with Crippen molar-refractivity contribution in [3.63, 3.8) is 0 Å². The molecule has 2 heteroatoms. The maximum Gasteiger partial charge on any atom is 0.0571 e. The Kier molecular flexibility index (Phi) is 4.55. The van der Waals surface area contributed by atoms with Gasteiger partial charge in [0.15, 0.2) is 0 Å². The number of aromatic nitrogens is 1. The molecule has 0 aliphatic heterocycles. The Morgan fingerprint density at radius 1 is 1.41 bits per heavy atom. The van der Waals surface area contributed by atoms with Gasteiger partial charge >= 0.3 is 0 Å². The van der Waals surface area contributed by atoms with Crippen LogP contribution >= 0.6 is 0 Å². The van der Waals surface area contributed by atoms with Gasteiger partial charge in [-0.05, 0) is 49.1 Å². The molecule has 0 radical (unpaired) electrons. The van der Waals surface area contributed by atoms with Gasteiger partial charge in [-0.15, -0.1) is 0 Å². The summed E-state index contributed by atoms with van der Waals surface area (Å²) in [6, 6.07) is 4.09. The highest BCUT2D eigenvalue weighted by Crippen LogP contribution is 2.33. The number of hydrogen-bond acceptors (Lipinski definition) is 2. The van der Waals surface area contributed by atoms with E-state index in [1.54, 1.807) is 6.20 Å². The summed E-state index contributed by atoms with van der Waals surface area (Å²) in [6.07, 6.45) is 10.6. The third-order valence-corrected chi connectivity index (χ3v) is 3.97. The van der Waals surface area contributed by atoms with Crippen LogP contribution in [0.1, 0.15) is 44.6 Å². The molecule has 2 rings (SSSR count). The van der Waals surface area contributed by atoms with E-state index in [0.29, 0.717) is 5.92 Å². The van der Waals surface area contributed by atoms with Gasteiger partial charge in [0.25, 0.3) is 0 Å². The van der Waals surface area contributed by atoms with Crippen molar-refractivity contribution in [1.82, 2.24) is 4.98 Å². The highest BCUT2D eigenvalue weighted by molar-refractivity contribution is 5.10. The molecule has 0 spiro atoms. The van der Waals surface area contributed by atoms with E-state index in [4.69, 9.17) is 0 Å². The molecule has 2 nitrogen and oxygen atoms in total. The Bertz CT molecular complexity index is 325. The summed E-state index contributed by atoms with van der Waals surface area (Å²) in [7, 11) is 0. The fourth-order valence-corrected chi connectivity index (χ4v) is 3.06. The minimum absolute atomic E-state index is 0.108. The molecule has 1 aliphatic carbocycles. The largest absolute Gasteiger partial charge is 0.393 e. The van der Waals surface area contributed by atoms with E-state index < -0.39 is 0 Å². The van der Waals surface area contributed by atoms with Gasteiger partial charge < -0.3 is 5.11 Å². The molecule has 1 heterocycles. The maximum absolute atomic E-state index is 10.1. The van der Waals surface area contributed by atoms with E-state index in [2.05, 4.69) is 18.0 Å². The lowest BCUT2D eigenvalue weighted by atomic mass is 9.75. The second kappa shape index (κ2) is 6.15. The van der Waals surface area contributed by atoms with Crippen LogP contribution in [0.2, 0.25) is 0 Å². The summed E-state index contributed by atoms with van der Waals surface area (Å²) in [5.41, 5.74) is 1.26. The normalized spacial score (nSPS) is 29.2. The second-order valence-corrected chi connectivity index (χ2v) is 5.36. The zero-order valence-electron chi connectivity index (χ0n) is 10.7. The predicted octanol–water partition coefficient (Wildman–Crippen LogP) is 3.20. The molecule has 1 fully saturated rings. The van der Waals surface area contributed by atoms with Gasteiger partial charge in [-0.2, -0.15) is 0 Å². The molecular weight excluding hydrogens is 210 g/mol. The molecule has 0 amide bonds. The third kappa shape index (κ3) is 3.53. The lowest BCUT2D eigenvalue weighted by Crippen LogP contribution is -2.30. The summed E-state index contributed by atoms with van der Waals surface area (Å²) in [5, 5.41) is 10.1. The number of rotatable bonds is 4. The van der Waals surface area contributed by atoms with Crippen LogP contribution in [0.4, 0.5) is 0 Å². The third-order valence-electron chi connectivity index (χ3n) is 3.97. The van der Waals surface area contributed by atoms with Crippen LogP contribution in [0.5, 0.6) is 0 Å². The van der Waals surface area contributed by atoms with Crippen LogP contribution in [-0.2, 0) is 6.42 Å². The standard InChI is InChI=1S/C15H23NO/c1-2-4-12-6-7-15(17)14(9-12)10-13-5-3-8-16-11-13/h3,5,8,11-12,14-15,17H,2,4,6-7,9-10H2,1H3. The summed E-state index contributed by atoms with van der Waals surface area (Å²) in [5.74, 6) is 1.26. The van der Waals surface area contributed by atoms with Crippen LogP contribution in [0.3, 0.4) is 0 Å². The Morgan fingerprint density at radius 3 is 3.00 bits per heavy atom. The highest BCUT2D eigenvalue weighted by Gasteiger charge is 2.28. The van der Waals surface area contributed by atoms with Crippen molar-refractivity contribution in [2.24, 2.45) is 11.8 Å². The summed E-state index contributed by atoms with van der Waals surface area (Å²) >= 11 is 0. The van der Waals surface area contributed by atoms with Gasteiger partial charge in [-0.25, -0.2) is 0 Å². The van der Waals surface area contributed by atoms with Crippen molar-refractivity contribution < 1.29 is 5.11 Å². The van der Waals surface area contributed by atoms with Crippen LogP contribution in [0, 0.1) is 11.8 Å². The number of nitrogens with zero attached hydrogens (tertiary/aromatic N) is 1. The molecular formula is C15H23NO. The minimum atomic E-state index is -0.108. The van der Waals surface area contributed by atoms with E-state index in [1.165, 1.54) is 31.2 Å². The smallest absolute Gasteiger partial charge is 0.0571 e. The molecule has 0 bridgehead atoms. The van der Waals surface area contributed by atoms with Gasteiger partial charge in [0.2, 0.25) is 0 Å². The Labute approximate surface area is 104 Å². The lowest BCUT2D eigenvalue weighted by Gasteiger charge is -2.33. The molecule has 0 saturated heterocycles. The molecule has 0 aromatic carbocycles. The SMILES string of the molecule is CCCC1CCC(O)C(Cc2cccnc2)C1. The van der Waals surface area contributed by atoms with E-state index >= 15 is 0 Å². The number of pyridine rings is 1. The quantitative estimate of drug-likeness (QED) is 0.866. The van der Waals surface area contributed by atoms with E-state index in [-0.39, 0.29) is 6.10 Å². The first-order valence-corrected chi connectivity index (χ1v) is 6.86. The maximum atomic E-state index is 10.1. The molecule has 3 unspecified atom stereocenters.